The van der Waals surface area contributed by atoms with Gasteiger partial charge in [0, 0.05) is 0 Å². The number of nitrogens with zero attached hydrogens (tertiary/aromatic N) is 1. The molecule has 1 aliphatic rings. The second-order valence-electron chi connectivity index (χ2n) is 2.61. The Hall–Kier alpha value is -0.0400. The van der Waals surface area contributed by atoms with Crippen molar-refractivity contribution in [1.82, 2.24) is 4.90 Å². The van der Waals surface area contributed by atoms with Crippen molar-refractivity contribution in [2.24, 2.45) is 0 Å². The summed E-state index contributed by atoms with van der Waals surface area (Å²) in [5.41, 5.74) is 0. The van der Waals surface area contributed by atoms with Crippen molar-refractivity contribution in [2.75, 3.05) is 24.6 Å². The average molecular weight is 286 g/mol. The molecule has 4 nitrogen and oxygen atoms in total. The first kappa shape index (κ1) is 10.0. The van der Waals surface area contributed by atoms with Crippen LogP contribution >= 0.6 is 0 Å². The molecule has 1 rings (SSSR count). The zero-order valence-electron chi connectivity index (χ0n) is 7.25. The second-order valence-corrected chi connectivity index (χ2v) is 4.11. The Balaban J connectivity index is 2.19. The molecule has 0 spiro atoms. The third-order valence-electron chi connectivity index (χ3n) is 1.59. The van der Waals surface area contributed by atoms with Crippen LogP contribution in [0.3, 0.4) is 0 Å². The van der Waals surface area contributed by atoms with E-state index in [9.17, 15) is 4.79 Å². The number of halogens is 1. The van der Waals surface area contributed by atoms with Crippen molar-refractivity contribution >= 4 is 6.09 Å². The topological polar surface area (TPSA) is 38.8 Å². The molecule has 0 aromatic heterocycles. The van der Waals surface area contributed by atoms with E-state index in [1.165, 1.54) is 0 Å². The fourth-order valence-corrected chi connectivity index (χ4v) is 1.71. The van der Waals surface area contributed by atoms with Gasteiger partial charge in [-0.25, -0.2) is 0 Å². The molecule has 1 heterocycles. The van der Waals surface area contributed by atoms with Crippen LogP contribution in [-0.2, 0) is 7.80 Å². The molecule has 0 aromatic rings. The summed E-state index contributed by atoms with van der Waals surface area (Å²) >= 11 is -0.119. The average Bonchev–Trinajstić information content (AvgIpc) is 2.31. The molecule has 0 bridgehead atoms. The van der Waals surface area contributed by atoms with Gasteiger partial charge in [0.15, 0.2) is 0 Å². The SMILES string of the molecule is C[I-]OCCN1CC(C)OC1=O. The van der Waals surface area contributed by atoms with Gasteiger partial charge < -0.3 is 0 Å². The Bertz CT molecular complexity index is 165. The molecule has 1 amide bonds. The van der Waals surface area contributed by atoms with Gasteiger partial charge in [0.1, 0.15) is 0 Å². The molecular weight excluding hydrogens is 273 g/mol. The zero-order valence-corrected chi connectivity index (χ0v) is 9.41. The molecule has 0 radical (unpaired) electrons. The van der Waals surface area contributed by atoms with Gasteiger partial charge in [-0.15, -0.1) is 0 Å². The van der Waals surface area contributed by atoms with Gasteiger partial charge in [0.05, 0.1) is 0 Å². The quantitative estimate of drug-likeness (QED) is 0.325. The van der Waals surface area contributed by atoms with Crippen LogP contribution in [0.5, 0.6) is 0 Å². The van der Waals surface area contributed by atoms with Gasteiger partial charge in [-0.05, 0) is 0 Å². The Morgan fingerprint density at radius 1 is 1.83 bits per heavy atom. The Morgan fingerprint density at radius 3 is 3.08 bits per heavy atom. The van der Waals surface area contributed by atoms with Crippen molar-refractivity contribution in [3.05, 3.63) is 0 Å². The molecule has 0 aromatic carbocycles. The molecule has 0 N–H and O–H groups in total. The van der Waals surface area contributed by atoms with Gasteiger partial charge in [-0.1, -0.05) is 0 Å². The number of carbonyl (C=O) groups excluding carboxylic acids is 1. The molecule has 5 heteroatoms. The van der Waals surface area contributed by atoms with Gasteiger partial charge in [-0.3, -0.25) is 0 Å². The van der Waals surface area contributed by atoms with Gasteiger partial charge in [0.2, 0.25) is 0 Å². The maximum atomic E-state index is 11.0. The minimum atomic E-state index is -0.208. The van der Waals surface area contributed by atoms with Crippen LogP contribution in [0.1, 0.15) is 6.92 Å². The Labute approximate surface area is 83.0 Å². The first-order valence-corrected chi connectivity index (χ1v) is 6.84. The normalized spacial score (nSPS) is 23.3. The summed E-state index contributed by atoms with van der Waals surface area (Å²) in [7, 11) is 0. The van der Waals surface area contributed by atoms with E-state index in [1.807, 2.05) is 11.9 Å². The van der Waals surface area contributed by atoms with Crippen LogP contribution in [0.4, 0.5) is 4.79 Å². The molecule has 12 heavy (non-hydrogen) atoms. The summed E-state index contributed by atoms with van der Waals surface area (Å²) in [5, 5.41) is 0. The predicted molar refractivity (Wildman–Crippen MR) is 39.4 cm³/mol. The van der Waals surface area contributed by atoms with Crippen molar-refractivity contribution < 1.29 is 34.2 Å². The summed E-state index contributed by atoms with van der Waals surface area (Å²) in [5.74, 6) is 0. The van der Waals surface area contributed by atoms with Crippen molar-refractivity contribution in [1.29, 1.82) is 0 Å². The molecule has 0 aliphatic carbocycles. The number of alkyl halides is 1. The summed E-state index contributed by atoms with van der Waals surface area (Å²) in [6, 6.07) is 0. The number of hydrogen-bond donors (Lipinski definition) is 0. The van der Waals surface area contributed by atoms with E-state index in [4.69, 9.17) is 7.80 Å². The number of hydrogen-bond acceptors (Lipinski definition) is 3. The summed E-state index contributed by atoms with van der Waals surface area (Å²) in [6.45, 7) is 3.90. The van der Waals surface area contributed by atoms with Crippen LogP contribution in [0, 0.1) is 0 Å². The van der Waals surface area contributed by atoms with E-state index in [0.29, 0.717) is 19.7 Å². The van der Waals surface area contributed by atoms with Crippen LogP contribution in [-0.4, -0.2) is 41.7 Å². The van der Waals surface area contributed by atoms with Crippen LogP contribution < -0.4 is 21.6 Å². The molecule has 1 atom stereocenters. The first-order chi connectivity index (χ1) is 5.74. The number of carbonyl (C=O) groups is 1. The monoisotopic (exact) mass is 286 g/mol. The predicted octanol–water partition coefficient (Wildman–Crippen LogP) is -2.52. The molecule has 0 saturated carbocycles. The second kappa shape index (κ2) is 4.86. The molecular formula is C7H13INO3-. The maximum absolute atomic E-state index is 11.0. The standard InChI is InChI=1S/C7H13INO3/c1-6-5-9(7(10)12-6)3-4-11-8-2/h6H,3-5H2,1-2H3/q-1. The van der Waals surface area contributed by atoms with Crippen molar-refractivity contribution in [3.8, 4) is 0 Å². The van der Waals surface area contributed by atoms with Crippen molar-refractivity contribution in [3.63, 3.8) is 0 Å². The third-order valence-corrected chi connectivity index (χ3v) is 2.65. The zero-order chi connectivity index (χ0) is 8.97. The molecule has 1 unspecified atom stereocenters. The van der Waals surface area contributed by atoms with E-state index in [1.54, 1.807) is 4.90 Å². The third kappa shape index (κ3) is 2.78. The first-order valence-electron chi connectivity index (χ1n) is 3.81. The number of cyclic esters (lactones) is 1. The Kier molecular flexibility index (Phi) is 4.07. The summed E-state index contributed by atoms with van der Waals surface area (Å²) < 4.78 is 10.2. The molecule has 1 fully saturated rings. The Morgan fingerprint density at radius 2 is 2.58 bits per heavy atom. The summed E-state index contributed by atoms with van der Waals surface area (Å²) in [4.78, 5) is 14.8. The van der Waals surface area contributed by atoms with E-state index >= 15 is 0 Å². The van der Waals surface area contributed by atoms with Crippen LogP contribution in [0.15, 0.2) is 0 Å². The molecule has 1 aliphatic heterocycles. The van der Waals surface area contributed by atoms with Gasteiger partial charge in [0.25, 0.3) is 0 Å². The van der Waals surface area contributed by atoms with E-state index in [0.717, 1.165) is 0 Å². The van der Waals surface area contributed by atoms with Crippen molar-refractivity contribution in [2.45, 2.75) is 13.0 Å². The number of rotatable bonds is 4. The number of ether oxygens (including phenoxy) is 1. The van der Waals surface area contributed by atoms with E-state index in [2.05, 4.69) is 0 Å². The van der Waals surface area contributed by atoms with Gasteiger partial charge in [-0.2, -0.15) is 0 Å². The molecule has 72 valence electrons. The number of amides is 1. The minimum absolute atomic E-state index is 0.0359. The fraction of sp³-hybridized carbons (Fsp3) is 0.857. The van der Waals surface area contributed by atoms with Crippen LogP contribution in [0.2, 0.25) is 0 Å². The van der Waals surface area contributed by atoms with Gasteiger partial charge >= 0.3 is 82.9 Å². The fourth-order valence-electron chi connectivity index (χ4n) is 1.07. The van der Waals surface area contributed by atoms with E-state index in [-0.39, 0.29) is 33.8 Å². The van der Waals surface area contributed by atoms with Crippen LogP contribution in [0.25, 0.3) is 0 Å². The van der Waals surface area contributed by atoms with E-state index < -0.39 is 0 Å². The molecule has 1 saturated heterocycles. The summed E-state index contributed by atoms with van der Waals surface area (Å²) in [6.07, 6.45) is -0.172.